The van der Waals surface area contributed by atoms with Gasteiger partial charge in [0.05, 0.1) is 23.5 Å². The Labute approximate surface area is 151 Å². The fraction of sp³-hybridized carbons (Fsp3) is 0.438. The Morgan fingerprint density at radius 2 is 2.28 bits per heavy atom. The number of hydrogen-bond acceptors (Lipinski definition) is 5. The van der Waals surface area contributed by atoms with Crippen molar-refractivity contribution >= 4 is 23.3 Å². The topological polar surface area (TPSA) is 84.3 Å². The molecule has 0 saturated carbocycles. The summed E-state index contributed by atoms with van der Waals surface area (Å²) < 4.78 is 7.28. The number of anilines is 1. The van der Waals surface area contributed by atoms with Crippen LogP contribution in [-0.4, -0.2) is 64.6 Å². The van der Waals surface area contributed by atoms with Crippen LogP contribution in [0.2, 0.25) is 5.02 Å². The smallest absolute Gasteiger partial charge is 0.319 e. The minimum absolute atomic E-state index is 0.0186. The highest BCUT2D eigenvalue weighted by Gasteiger charge is 2.32. The van der Waals surface area contributed by atoms with E-state index in [0.29, 0.717) is 23.0 Å². The molecule has 2 amide bonds. The average molecular weight is 365 g/mol. The number of likely N-dealkylation sites (tertiary alicyclic amines) is 1. The van der Waals surface area contributed by atoms with Crippen molar-refractivity contribution in [2.45, 2.75) is 19.1 Å². The molecule has 2 atom stereocenters. The molecule has 0 spiro atoms. The second-order valence-electron chi connectivity index (χ2n) is 5.92. The minimum Gasteiger partial charge on any atom is -0.375 e. The van der Waals surface area contributed by atoms with Gasteiger partial charge in [0.15, 0.2) is 0 Å². The van der Waals surface area contributed by atoms with Crippen molar-refractivity contribution in [2.75, 3.05) is 32.1 Å². The highest BCUT2D eigenvalue weighted by molar-refractivity contribution is 6.31. The normalized spacial score (nSPS) is 20.6. The zero-order valence-corrected chi connectivity index (χ0v) is 14.9. The van der Waals surface area contributed by atoms with Gasteiger partial charge in [-0.25, -0.2) is 14.5 Å². The predicted molar refractivity (Wildman–Crippen MR) is 95.2 cm³/mol. The number of carbonyl (C=O) groups is 1. The quantitative estimate of drug-likeness (QED) is 0.844. The summed E-state index contributed by atoms with van der Waals surface area (Å²) in [5, 5.41) is 10.4. The van der Waals surface area contributed by atoms with Gasteiger partial charge < -0.3 is 20.3 Å². The summed E-state index contributed by atoms with van der Waals surface area (Å²) in [6.45, 7) is 4.10. The molecule has 134 valence electrons. The summed E-state index contributed by atoms with van der Waals surface area (Å²) in [5.41, 5.74) is 1.23. The van der Waals surface area contributed by atoms with Crippen molar-refractivity contribution in [3.63, 3.8) is 0 Å². The number of likely N-dealkylation sites (N-methyl/N-ethyl adjacent to an activating group) is 1. The Balaban J connectivity index is 1.72. The van der Waals surface area contributed by atoms with Crippen LogP contribution >= 0.6 is 11.6 Å². The molecule has 0 aliphatic carbocycles. The lowest BCUT2D eigenvalue weighted by Crippen LogP contribution is -2.45. The van der Waals surface area contributed by atoms with E-state index in [9.17, 15) is 4.79 Å². The maximum absolute atomic E-state index is 12.5. The standard InChI is InChI=1S/C16H21ClN6O2/c1-3-25-15-8-22(2)7-13(15)21-16(24)20-12-6-11(17)4-5-14(12)23-10-18-9-19-23/h4-6,9-10,13,15H,3,7-8H2,1-2H3,(H2,20,21,24)/t13-,15-/m1/s1. The average Bonchev–Trinajstić information content (AvgIpc) is 3.18. The third kappa shape index (κ3) is 4.28. The van der Waals surface area contributed by atoms with Crippen LogP contribution in [0.4, 0.5) is 10.5 Å². The van der Waals surface area contributed by atoms with Crippen molar-refractivity contribution in [1.82, 2.24) is 25.0 Å². The molecule has 2 aromatic rings. The van der Waals surface area contributed by atoms with Crippen molar-refractivity contribution < 1.29 is 9.53 Å². The van der Waals surface area contributed by atoms with Crippen molar-refractivity contribution in [1.29, 1.82) is 0 Å². The molecule has 1 fully saturated rings. The second-order valence-corrected chi connectivity index (χ2v) is 6.36. The number of halogens is 1. The van der Waals surface area contributed by atoms with Gasteiger partial charge in [0, 0.05) is 24.7 Å². The van der Waals surface area contributed by atoms with E-state index in [1.165, 1.54) is 6.33 Å². The molecule has 8 nitrogen and oxygen atoms in total. The molecule has 1 aliphatic heterocycles. The number of nitrogens with zero attached hydrogens (tertiary/aromatic N) is 4. The number of carbonyl (C=O) groups excluding carboxylic acids is 1. The summed E-state index contributed by atoms with van der Waals surface area (Å²) in [6, 6.07) is 4.81. The van der Waals surface area contributed by atoms with Crippen LogP contribution in [0.1, 0.15) is 6.92 Å². The Bertz CT molecular complexity index is 723. The largest absolute Gasteiger partial charge is 0.375 e. The summed E-state index contributed by atoms with van der Waals surface area (Å²) in [5.74, 6) is 0. The van der Waals surface area contributed by atoms with Crippen LogP contribution in [0.5, 0.6) is 0 Å². The zero-order chi connectivity index (χ0) is 17.8. The Kier molecular flexibility index (Phi) is 5.52. The molecule has 1 aromatic carbocycles. The van der Waals surface area contributed by atoms with Gasteiger partial charge in [0.1, 0.15) is 12.7 Å². The number of rotatable bonds is 5. The van der Waals surface area contributed by atoms with E-state index in [0.717, 1.165) is 13.1 Å². The summed E-state index contributed by atoms with van der Waals surface area (Å²) in [6.07, 6.45) is 2.97. The molecule has 2 heterocycles. The molecule has 2 N–H and O–H groups in total. The van der Waals surface area contributed by atoms with E-state index in [1.54, 1.807) is 29.2 Å². The van der Waals surface area contributed by atoms with Crippen LogP contribution in [0.25, 0.3) is 5.69 Å². The maximum Gasteiger partial charge on any atom is 0.319 e. The first-order valence-electron chi connectivity index (χ1n) is 8.09. The summed E-state index contributed by atoms with van der Waals surface area (Å²) in [4.78, 5) is 18.5. The molecule has 25 heavy (non-hydrogen) atoms. The number of hydrogen-bond donors (Lipinski definition) is 2. The molecule has 3 rings (SSSR count). The van der Waals surface area contributed by atoms with E-state index in [1.807, 2.05) is 14.0 Å². The fourth-order valence-electron chi connectivity index (χ4n) is 2.95. The van der Waals surface area contributed by atoms with Crippen LogP contribution in [0.15, 0.2) is 30.9 Å². The predicted octanol–water partition coefficient (Wildman–Crippen LogP) is 1.76. The van der Waals surface area contributed by atoms with E-state index in [2.05, 4.69) is 25.6 Å². The first-order chi connectivity index (χ1) is 12.1. The van der Waals surface area contributed by atoms with E-state index in [-0.39, 0.29) is 18.2 Å². The highest BCUT2D eigenvalue weighted by atomic mass is 35.5. The molecule has 1 aliphatic rings. The van der Waals surface area contributed by atoms with Gasteiger partial charge >= 0.3 is 6.03 Å². The number of benzene rings is 1. The fourth-order valence-corrected chi connectivity index (χ4v) is 3.12. The van der Waals surface area contributed by atoms with Gasteiger partial charge in [0.2, 0.25) is 0 Å². The second kappa shape index (κ2) is 7.81. The molecule has 9 heteroatoms. The van der Waals surface area contributed by atoms with E-state index < -0.39 is 0 Å². The van der Waals surface area contributed by atoms with Gasteiger partial charge in [-0.3, -0.25) is 0 Å². The lowest BCUT2D eigenvalue weighted by atomic mass is 10.2. The number of ether oxygens (including phenoxy) is 1. The van der Waals surface area contributed by atoms with Crippen molar-refractivity contribution in [3.05, 3.63) is 35.9 Å². The number of urea groups is 1. The zero-order valence-electron chi connectivity index (χ0n) is 14.1. The first kappa shape index (κ1) is 17.7. The van der Waals surface area contributed by atoms with Gasteiger partial charge in [-0.2, -0.15) is 5.10 Å². The third-order valence-electron chi connectivity index (χ3n) is 4.02. The summed E-state index contributed by atoms with van der Waals surface area (Å²) >= 11 is 6.07. The third-order valence-corrected chi connectivity index (χ3v) is 4.25. The Hall–Kier alpha value is -2.16. The Morgan fingerprint density at radius 1 is 1.44 bits per heavy atom. The van der Waals surface area contributed by atoms with E-state index >= 15 is 0 Å². The highest BCUT2D eigenvalue weighted by Crippen LogP contribution is 2.24. The lowest BCUT2D eigenvalue weighted by Gasteiger charge is -2.20. The van der Waals surface area contributed by atoms with Crippen LogP contribution in [-0.2, 0) is 4.74 Å². The molecule has 0 bridgehead atoms. The molecular formula is C16H21ClN6O2. The summed E-state index contributed by atoms with van der Waals surface area (Å²) in [7, 11) is 2.01. The molecule has 1 saturated heterocycles. The van der Waals surface area contributed by atoms with Crippen molar-refractivity contribution in [2.24, 2.45) is 0 Å². The maximum atomic E-state index is 12.5. The van der Waals surface area contributed by atoms with Gasteiger partial charge in [-0.05, 0) is 32.2 Å². The number of amides is 2. The van der Waals surface area contributed by atoms with Crippen molar-refractivity contribution in [3.8, 4) is 5.69 Å². The minimum atomic E-state index is -0.311. The van der Waals surface area contributed by atoms with Gasteiger partial charge in [-0.15, -0.1) is 0 Å². The van der Waals surface area contributed by atoms with E-state index in [4.69, 9.17) is 16.3 Å². The molecule has 1 aromatic heterocycles. The van der Waals surface area contributed by atoms with Gasteiger partial charge in [0.25, 0.3) is 0 Å². The monoisotopic (exact) mass is 364 g/mol. The number of nitrogens with one attached hydrogen (secondary N) is 2. The molecule has 0 radical (unpaired) electrons. The van der Waals surface area contributed by atoms with Crippen LogP contribution in [0.3, 0.4) is 0 Å². The van der Waals surface area contributed by atoms with Crippen LogP contribution < -0.4 is 10.6 Å². The lowest BCUT2D eigenvalue weighted by molar-refractivity contribution is 0.0568. The van der Waals surface area contributed by atoms with Crippen LogP contribution in [0, 0.1) is 0 Å². The van der Waals surface area contributed by atoms with Gasteiger partial charge in [-0.1, -0.05) is 11.6 Å². The Morgan fingerprint density at radius 3 is 3.00 bits per heavy atom. The number of aromatic nitrogens is 3. The SMILES string of the molecule is CCO[C@@H]1CN(C)C[C@H]1NC(=O)Nc1cc(Cl)ccc1-n1cncn1. The first-order valence-corrected chi connectivity index (χ1v) is 8.47. The molecule has 0 unspecified atom stereocenters. The molecular weight excluding hydrogens is 344 g/mol.